The number of carbonyl (C=O) groups excluding carboxylic acids is 1. The maximum absolute atomic E-state index is 12.7. The molecule has 0 fully saturated rings. The van der Waals surface area contributed by atoms with E-state index < -0.39 is 34.8 Å². The number of hydrogen-bond acceptors (Lipinski definition) is 5. The molecule has 2 aromatic rings. The smallest absolute Gasteiger partial charge is 0.336 e. The number of aryl methyl sites for hydroxylation is 1. The predicted octanol–water partition coefficient (Wildman–Crippen LogP) is 1.44. The van der Waals surface area contributed by atoms with Crippen LogP contribution in [0.25, 0.3) is 10.8 Å². The summed E-state index contributed by atoms with van der Waals surface area (Å²) in [5, 5.41) is 10.9. The lowest BCUT2D eigenvalue weighted by atomic mass is 10.0. The second-order valence-corrected chi connectivity index (χ2v) is 7.20. The van der Waals surface area contributed by atoms with Gasteiger partial charge in [0, 0.05) is 12.4 Å². The van der Waals surface area contributed by atoms with Crippen molar-refractivity contribution in [3.63, 3.8) is 0 Å². The van der Waals surface area contributed by atoms with Crippen molar-refractivity contribution in [1.82, 2.24) is 4.72 Å². The third kappa shape index (κ3) is 4.18. The lowest BCUT2D eigenvalue weighted by molar-refractivity contribution is -0.139. The molecule has 0 heterocycles. The Bertz CT molecular complexity index is 941. The summed E-state index contributed by atoms with van der Waals surface area (Å²) in [7, 11) is -2.93. The maximum atomic E-state index is 12.7. The molecule has 0 unspecified atom stereocenters. The van der Waals surface area contributed by atoms with Gasteiger partial charge >= 0.3 is 16.3 Å². The zero-order chi connectivity index (χ0) is 19.5. The Labute approximate surface area is 151 Å². The topological polar surface area (TPSA) is 113 Å². The van der Waals surface area contributed by atoms with Crippen molar-refractivity contribution in [2.24, 2.45) is 0 Å². The number of carbonyl (C=O) groups is 2. The van der Waals surface area contributed by atoms with Crippen molar-refractivity contribution in [2.75, 3.05) is 18.6 Å². The number of carboxylic acids is 1. The molecular formula is C17H20N2O6S. The van der Waals surface area contributed by atoms with Gasteiger partial charge in [0.15, 0.2) is 0 Å². The van der Waals surface area contributed by atoms with E-state index in [4.69, 9.17) is 0 Å². The van der Waals surface area contributed by atoms with Crippen LogP contribution in [0.15, 0.2) is 36.4 Å². The second-order valence-electron chi connectivity index (χ2n) is 5.65. The van der Waals surface area contributed by atoms with Crippen LogP contribution in [0.1, 0.15) is 12.5 Å². The Kier molecular flexibility index (Phi) is 5.96. The van der Waals surface area contributed by atoms with E-state index >= 15 is 0 Å². The predicted molar refractivity (Wildman–Crippen MR) is 97.2 cm³/mol. The zero-order valence-corrected chi connectivity index (χ0v) is 15.4. The van der Waals surface area contributed by atoms with Gasteiger partial charge < -0.3 is 5.11 Å². The second kappa shape index (κ2) is 7.81. The zero-order valence-electron chi connectivity index (χ0n) is 14.6. The van der Waals surface area contributed by atoms with Gasteiger partial charge in [0.25, 0.3) is 5.91 Å². The van der Waals surface area contributed by atoms with Gasteiger partial charge in [-0.3, -0.25) is 9.69 Å². The minimum absolute atomic E-state index is 0.411. The fourth-order valence-electron chi connectivity index (χ4n) is 2.59. The van der Waals surface area contributed by atoms with Crippen molar-refractivity contribution in [3.8, 4) is 0 Å². The van der Waals surface area contributed by atoms with Crippen LogP contribution in [0.4, 0.5) is 5.69 Å². The van der Waals surface area contributed by atoms with Crippen LogP contribution >= 0.6 is 0 Å². The summed E-state index contributed by atoms with van der Waals surface area (Å²) >= 11 is 0. The molecule has 0 saturated heterocycles. The quantitative estimate of drug-likeness (QED) is 0.751. The molecule has 1 atom stereocenters. The van der Waals surface area contributed by atoms with Gasteiger partial charge in [0.05, 0.1) is 5.69 Å². The summed E-state index contributed by atoms with van der Waals surface area (Å²) in [4.78, 5) is 25.3. The van der Waals surface area contributed by atoms with Crippen LogP contribution in [0.5, 0.6) is 0 Å². The summed E-state index contributed by atoms with van der Waals surface area (Å²) in [6.45, 7) is 2.29. The molecule has 0 aliphatic heterocycles. The Hall–Kier alpha value is -2.49. The van der Waals surface area contributed by atoms with Gasteiger partial charge in [-0.1, -0.05) is 36.4 Å². The molecular weight excluding hydrogens is 360 g/mol. The van der Waals surface area contributed by atoms with Gasteiger partial charge in [0.2, 0.25) is 0 Å². The van der Waals surface area contributed by atoms with Crippen LogP contribution in [0, 0.1) is 6.92 Å². The van der Waals surface area contributed by atoms with Crippen molar-refractivity contribution in [1.29, 1.82) is 0 Å². The van der Waals surface area contributed by atoms with E-state index in [0.717, 1.165) is 17.3 Å². The van der Waals surface area contributed by atoms with E-state index in [0.29, 0.717) is 16.6 Å². The number of fused-ring (bicyclic) bond motifs is 1. The summed E-state index contributed by atoms with van der Waals surface area (Å²) in [5.74, 6) is -2.00. The SMILES string of the molecule is CNS(=O)(=O)OCC(=O)N(c1c(C)ccc2ccccc12)[C@@H](C)C(=O)O. The number of anilines is 1. The van der Waals surface area contributed by atoms with Crippen LogP contribution in [-0.2, 0) is 24.1 Å². The summed E-state index contributed by atoms with van der Waals surface area (Å²) in [6.07, 6.45) is 0. The molecule has 2 N–H and O–H groups in total. The number of nitrogens with one attached hydrogen (secondary N) is 1. The molecule has 26 heavy (non-hydrogen) atoms. The first kappa shape index (κ1) is 19.8. The molecule has 0 aliphatic carbocycles. The minimum atomic E-state index is -4.07. The molecule has 0 spiro atoms. The highest BCUT2D eigenvalue weighted by atomic mass is 32.2. The summed E-state index contributed by atoms with van der Waals surface area (Å²) in [5.41, 5.74) is 1.09. The first-order valence-electron chi connectivity index (χ1n) is 7.79. The monoisotopic (exact) mass is 380 g/mol. The Morgan fingerprint density at radius 1 is 1.23 bits per heavy atom. The maximum Gasteiger partial charge on any atom is 0.336 e. The van der Waals surface area contributed by atoms with Gasteiger partial charge in [0.1, 0.15) is 12.6 Å². The normalized spacial score (nSPS) is 12.7. The van der Waals surface area contributed by atoms with Gasteiger partial charge in [-0.2, -0.15) is 13.1 Å². The van der Waals surface area contributed by atoms with Gasteiger partial charge in [-0.15, -0.1) is 0 Å². The number of hydrogen-bond donors (Lipinski definition) is 2. The lowest BCUT2D eigenvalue weighted by Crippen LogP contribution is -2.46. The van der Waals surface area contributed by atoms with Crippen LogP contribution < -0.4 is 9.62 Å². The highest BCUT2D eigenvalue weighted by Gasteiger charge is 2.30. The van der Waals surface area contributed by atoms with Crippen molar-refractivity contribution < 1.29 is 27.3 Å². The first-order valence-corrected chi connectivity index (χ1v) is 9.20. The molecule has 140 valence electrons. The molecule has 0 saturated carbocycles. The highest BCUT2D eigenvalue weighted by Crippen LogP contribution is 2.32. The minimum Gasteiger partial charge on any atom is -0.480 e. The summed E-state index contributed by atoms with van der Waals surface area (Å²) in [6, 6.07) is 9.65. The Morgan fingerprint density at radius 3 is 2.50 bits per heavy atom. The van der Waals surface area contributed by atoms with Crippen molar-refractivity contribution in [3.05, 3.63) is 42.0 Å². The van der Waals surface area contributed by atoms with E-state index in [2.05, 4.69) is 4.18 Å². The van der Waals surface area contributed by atoms with Crippen LogP contribution in [0.3, 0.4) is 0 Å². The molecule has 0 radical (unpaired) electrons. The number of carboxylic acid groups (broad SMARTS) is 1. The van der Waals surface area contributed by atoms with E-state index in [-0.39, 0.29) is 0 Å². The molecule has 8 nitrogen and oxygen atoms in total. The number of rotatable bonds is 7. The van der Waals surface area contributed by atoms with E-state index in [1.54, 1.807) is 25.1 Å². The standard InChI is InChI=1S/C17H20N2O6S/c1-11-8-9-13-6-4-5-7-14(13)16(11)19(12(2)17(21)22)15(20)10-25-26(23,24)18-3/h4-9,12,18H,10H2,1-3H3,(H,21,22)/t12-/m0/s1. The number of nitrogens with zero attached hydrogens (tertiary/aromatic N) is 1. The Morgan fingerprint density at radius 2 is 1.88 bits per heavy atom. The van der Waals surface area contributed by atoms with Gasteiger partial charge in [-0.05, 0) is 24.8 Å². The van der Waals surface area contributed by atoms with Crippen LogP contribution in [0.2, 0.25) is 0 Å². The fourth-order valence-corrected chi connectivity index (χ4v) is 2.96. The molecule has 0 aliphatic rings. The number of amides is 1. The van der Waals surface area contributed by atoms with E-state index in [1.165, 1.54) is 6.92 Å². The van der Waals surface area contributed by atoms with Crippen molar-refractivity contribution in [2.45, 2.75) is 19.9 Å². The molecule has 1 amide bonds. The average molecular weight is 380 g/mol. The third-order valence-electron chi connectivity index (χ3n) is 3.94. The largest absolute Gasteiger partial charge is 0.480 e. The molecule has 2 rings (SSSR count). The fraction of sp³-hybridized carbons (Fsp3) is 0.294. The Balaban J connectivity index is 2.55. The molecule has 0 bridgehead atoms. The third-order valence-corrected chi connectivity index (χ3v) is 4.87. The summed E-state index contributed by atoms with van der Waals surface area (Å²) < 4.78 is 29.4. The number of aliphatic carboxylic acids is 1. The average Bonchev–Trinajstić information content (AvgIpc) is 2.61. The molecule has 2 aromatic carbocycles. The van der Waals surface area contributed by atoms with E-state index in [9.17, 15) is 23.1 Å². The number of benzene rings is 2. The highest BCUT2D eigenvalue weighted by molar-refractivity contribution is 7.84. The van der Waals surface area contributed by atoms with Gasteiger partial charge in [-0.25, -0.2) is 8.98 Å². The molecule has 9 heteroatoms. The van der Waals surface area contributed by atoms with E-state index in [1.807, 2.05) is 22.9 Å². The van der Waals surface area contributed by atoms with Crippen molar-refractivity contribution >= 4 is 38.6 Å². The first-order chi connectivity index (χ1) is 12.2. The molecule has 0 aromatic heterocycles. The van der Waals surface area contributed by atoms with Crippen LogP contribution in [-0.4, -0.2) is 45.1 Å². The lowest BCUT2D eigenvalue weighted by Gasteiger charge is -2.29.